The van der Waals surface area contributed by atoms with E-state index in [1.807, 2.05) is 4.90 Å². The van der Waals surface area contributed by atoms with Crippen LogP contribution in [0.4, 0.5) is 8.78 Å². The lowest BCUT2D eigenvalue weighted by Crippen LogP contribution is -2.32. The summed E-state index contributed by atoms with van der Waals surface area (Å²) in [7, 11) is 1.41. The van der Waals surface area contributed by atoms with Crippen LogP contribution in [0, 0.1) is 5.92 Å². The van der Waals surface area contributed by atoms with Gasteiger partial charge in [0.15, 0.2) is 11.5 Å². The quantitative estimate of drug-likeness (QED) is 0.727. The zero-order valence-electron chi connectivity index (χ0n) is 15.0. The van der Waals surface area contributed by atoms with Gasteiger partial charge in [-0.05, 0) is 62.4 Å². The minimum Gasteiger partial charge on any atom is -0.493 e. The largest absolute Gasteiger partial charge is 0.493 e. The van der Waals surface area contributed by atoms with Gasteiger partial charge >= 0.3 is 6.61 Å². The van der Waals surface area contributed by atoms with Crippen molar-refractivity contribution in [3.63, 3.8) is 0 Å². The van der Waals surface area contributed by atoms with E-state index in [-0.39, 0.29) is 17.4 Å². The minimum absolute atomic E-state index is 0.00396. The Kier molecular flexibility index (Phi) is 6.29. The predicted octanol–water partition coefficient (Wildman–Crippen LogP) is 3.18. The number of nitrogens with zero attached hydrogens (tertiary/aromatic N) is 1. The fraction of sp³-hybridized carbons (Fsp3) is 0.632. The first-order valence-electron chi connectivity index (χ1n) is 9.18. The summed E-state index contributed by atoms with van der Waals surface area (Å²) in [6, 6.07) is 5.15. The number of halogens is 2. The van der Waals surface area contributed by atoms with Crippen LogP contribution in [0.25, 0.3) is 0 Å². The highest BCUT2D eigenvalue weighted by Crippen LogP contribution is 2.33. The lowest BCUT2D eigenvalue weighted by Gasteiger charge is -2.24. The molecule has 1 aromatic carbocycles. The Morgan fingerprint density at radius 2 is 2.12 bits per heavy atom. The molecule has 2 aliphatic rings. The summed E-state index contributed by atoms with van der Waals surface area (Å²) >= 11 is 0. The van der Waals surface area contributed by atoms with Crippen molar-refractivity contribution in [2.24, 2.45) is 5.92 Å². The van der Waals surface area contributed by atoms with Gasteiger partial charge in [-0.1, -0.05) is 6.07 Å². The minimum atomic E-state index is -2.90. The van der Waals surface area contributed by atoms with Crippen LogP contribution in [0.15, 0.2) is 18.2 Å². The molecule has 1 atom stereocenters. The van der Waals surface area contributed by atoms with Crippen LogP contribution in [0.1, 0.15) is 37.7 Å². The van der Waals surface area contributed by atoms with Gasteiger partial charge in [-0.2, -0.15) is 8.78 Å². The van der Waals surface area contributed by atoms with Gasteiger partial charge in [0.05, 0.1) is 7.11 Å². The maximum absolute atomic E-state index is 12.7. The van der Waals surface area contributed by atoms with Crippen LogP contribution in [-0.2, 0) is 11.3 Å². The average Bonchev–Trinajstić information content (AvgIpc) is 3.33. The van der Waals surface area contributed by atoms with Crippen LogP contribution < -0.4 is 14.8 Å². The zero-order chi connectivity index (χ0) is 18.5. The van der Waals surface area contributed by atoms with Crippen LogP contribution in [0.5, 0.6) is 11.5 Å². The van der Waals surface area contributed by atoms with E-state index in [1.165, 1.54) is 13.2 Å². The Balaban J connectivity index is 1.62. The first-order valence-corrected chi connectivity index (χ1v) is 9.18. The number of nitrogens with one attached hydrogen (secondary N) is 1. The highest BCUT2D eigenvalue weighted by Gasteiger charge is 2.32. The van der Waals surface area contributed by atoms with Crippen molar-refractivity contribution in [2.75, 3.05) is 20.2 Å². The third-order valence-corrected chi connectivity index (χ3v) is 5.03. The smallest absolute Gasteiger partial charge is 0.387 e. The van der Waals surface area contributed by atoms with E-state index in [9.17, 15) is 13.6 Å². The van der Waals surface area contributed by atoms with E-state index < -0.39 is 6.61 Å². The second-order valence-electron chi connectivity index (χ2n) is 7.01. The molecule has 7 heteroatoms. The fourth-order valence-electron chi connectivity index (χ4n) is 3.44. The molecule has 0 bridgehead atoms. The van der Waals surface area contributed by atoms with Crippen molar-refractivity contribution < 1.29 is 23.0 Å². The topological polar surface area (TPSA) is 50.8 Å². The predicted molar refractivity (Wildman–Crippen MR) is 93.4 cm³/mol. The van der Waals surface area contributed by atoms with Crippen molar-refractivity contribution in [2.45, 2.75) is 51.3 Å². The number of hydrogen-bond acceptors (Lipinski definition) is 4. The molecule has 26 heavy (non-hydrogen) atoms. The summed E-state index contributed by atoms with van der Waals surface area (Å²) in [5.41, 5.74) is 0.853. The summed E-state index contributed by atoms with van der Waals surface area (Å²) < 4.78 is 34.5. The van der Waals surface area contributed by atoms with E-state index in [2.05, 4.69) is 10.1 Å². The first kappa shape index (κ1) is 18.9. The molecule has 1 unspecified atom stereocenters. The molecule has 1 saturated carbocycles. The Morgan fingerprint density at radius 1 is 1.31 bits per heavy atom. The molecule has 3 rings (SSSR count). The number of hydrogen-bond donors (Lipinski definition) is 1. The second kappa shape index (κ2) is 8.66. The molecule has 1 amide bonds. The Morgan fingerprint density at radius 3 is 2.73 bits per heavy atom. The number of ether oxygens (including phenoxy) is 2. The molecule has 144 valence electrons. The van der Waals surface area contributed by atoms with E-state index in [4.69, 9.17) is 4.74 Å². The van der Waals surface area contributed by atoms with E-state index in [1.54, 1.807) is 12.1 Å². The van der Waals surface area contributed by atoms with Gasteiger partial charge < -0.3 is 19.7 Å². The van der Waals surface area contributed by atoms with Gasteiger partial charge in [0.25, 0.3) is 0 Å². The maximum atomic E-state index is 12.7. The number of alkyl halides is 2. The Hall–Kier alpha value is -1.89. The number of methoxy groups -OCH3 is 1. The lowest BCUT2D eigenvalue weighted by atomic mass is 10.0. The molecule has 0 spiro atoms. The van der Waals surface area contributed by atoms with Crippen LogP contribution in [0.2, 0.25) is 0 Å². The molecular formula is C19H26F2N2O3. The highest BCUT2D eigenvalue weighted by molar-refractivity contribution is 5.77. The monoisotopic (exact) mass is 368 g/mol. The molecule has 1 saturated heterocycles. The molecule has 1 aliphatic heterocycles. The first-order chi connectivity index (χ1) is 12.6. The molecule has 0 aromatic heterocycles. The van der Waals surface area contributed by atoms with Gasteiger partial charge in [-0.15, -0.1) is 0 Å². The second-order valence-corrected chi connectivity index (χ2v) is 7.01. The Bertz CT molecular complexity index is 617. The van der Waals surface area contributed by atoms with Gasteiger partial charge in [0, 0.05) is 19.0 Å². The zero-order valence-corrected chi connectivity index (χ0v) is 15.0. The normalized spacial score (nSPS) is 19.6. The molecule has 1 aliphatic carbocycles. The summed E-state index contributed by atoms with van der Waals surface area (Å²) in [5.74, 6) is 1.02. The van der Waals surface area contributed by atoms with Crippen molar-refractivity contribution >= 4 is 5.91 Å². The SMILES string of the molecule is COc1cc(CN(C(=O)CCC2CCNC2)C2CC2)ccc1OC(F)F. The molecule has 5 nitrogen and oxygen atoms in total. The Labute approximate surface area is 152 Å². The highest BCUT2D eigenvalue weighted by atomic mass is 19.3. The van der Waals surface area contributed by atoms with Gasteiger partial charge in [0.1, 0.15) is 0 Å². The molecule has 1 heterocycles. The van der Waals surface area contributed by atoms with Gasteiger partial charge in [-0.25, -0.2) is 0 Å². The molecular weight excluding hydrogens is 342 g/mol. The van der Waals surface area contributed by atoms with Crippen molar-refractivity contribution in [1.82, 2.24) is 10.2 Å². The van der Waals surface area contributed by atoms with Crippen molar-refractivity contribution in [3.05, 3.63) is 23.8 Å². The third-order valence-electron chi connectivity index (χ3n) is 5.03. The molecule has 2 fully saturated rings. The molecule has 1 aromatic rings. The van der Waals surface area contributed by atoms with E-state index in [0.717, 1.165) is 44.3 Å². The summed E-state index contributed by atoms with van der Waals surface area (Å²) in [5, 5.41) is 3.33. The average molecular weight is 368 g/mol. The molecule has 1 N–H and O–H groups in total. The standard InChI is InChI=1S/C19H26F2N2O3/c1-25-17-10-14(2-6-16(17)26-19(20)21)12-23(15-4-5-15)18(24)7-3-13-8-9-22-11-13/h2,6,10,13,15,19,22H,3-5,7-9,11-12H2,1H3. The number of carbonyl (C=O) groups excluding carboxylic acids is 1. The molecule has 0 radical (unpaired) electrons. The van der Waals surface area contributed by atoms with Crippen LogP contribution in [-0.4, -0.2) is 43.7 Å². The van der Waals surface area contributed by atoms with Crippen molar-refractivity contribution in [3.8, 4) is 11.5 Å². The maximum Gasteiger partial charge on any atom is 0.387 e. The summed E-state index contributed by atoms with van der Waals surface area (Å²) in [4.78, 5) is 14.6. The number of carbonyl (C=O) groups is 1. The third kappa shape index (κ3) is 5.06. The fourth-order valence-corrected chi connectivity index (χ4v) is 3.44. The number of amides is 1. The van der Waals surface area contributed by atoms with Crippen LogP contribution in [0.3, 0.4) is 0 Å². The van der Waals surface area contributed by atoms with Gasteiger partial charge in [-0.3, -0.25) is 4.79 Å². The number of benzene rings is 1. The lowest BCUT2D eigenvalue weighted by molar-refractivity contribution is -0.132. The van der Waals surface area contributed by atoms with E-state index in [0.29, 0.717) is 24.9 Å². The van der Waals surface area contributed by atoms with Crippen molar-refractivity contribution in [1.29, 1.82) is 0 Å². The van der Waals surface area contributed by atoms with Crippen LogP contribution >= 0.6 is 0 Å². The summed E-state index contributed by atoms with van der Waals surface area (Å²) in [6.45, 7) is -0.390. The number of rotatable bonds is 9. The summed E-state index contributed by atoms with van der Waals surface area (Å²) in [6.07, 6.45) is 4.67. The van der Waals surface area contributed by atoms with E-state index >= 15 is 0 Å². The van der Waals surface area contributed by atoms with Gasteiger partial charge in [0.2, 0.25) is 5.91 Å².